The maximum absolute atomic E-state index is 14.4. The third-order valence-corrected chi connectivity index (χ3v) is 3.93. The predicted octanol–water partition coefficient (Wildman–Crippen LogP) is 3.46. The van der Waals surface area contributed by atoms with Gasteiger partial charge in [-0.15, -0.1) is 12.4 Å². The summed E-state index contributed by atoms with van der Waals surface area (Å²) >= 11 is 0. The number of nitrogens with one attached hydrogen (secondary N) is 2. The maximum Gasteiger partial charge on any atom is 0.254 e. The number of carbonyl (C=O) groups excluding carboxylic acids is 1. The highest BCUT2D eigenvalue weighted by molar-refractivity contribution is 5.94. The molecule has 9 heteroatoms. The zero-order valence-corrected chi connectivity index (χ0v) is 16.9. The quantitative estimate of drug-likeness (QED) is 0.421. The van der Waals surface area contributed by atoms with Crippen LogP contribution >= 0.6 is 12.4 Å². The van der Waals surface area contributed by atoms with E-state index in [0.29, 0.717) is 5.56 Å². The second kappa shape index (κ2) is 11.3. The van der Waals surface area contributed by atoms with E-state index in [-0.39, 0.29) is 43.8 Å². The molecule has 0 heterocycles. The van der Waals surface area contributed by atoms with E-state index in [0.717, 1.165) is 17.7 Å². The molecule has 29 heavy (non-hydrogen) atoms. The third kappa shape index (κ3) is 6.40. The van der Waals surface area contributed by atoms with Crippen molar-refractivity contribution in [3.8, 4) is 5.75 Å². The van der Waals surface area contributed by atoms with Gasteiger partial charge in [0, 0.05) is 30.8 Å². The number of ether oxygens (including phenoxy) is 2. The number of nitrogens with two attached hydrogens (primary N) is 1. The second-order valence-corrected chi connectivity index (χ2v) is 5.90. The number of halogens is 3. The molecule has 4 N–H and O–H groups in total. The number of rotatable bonds is 9. The van der Waals surface area contributed by atoms with Crippen molar-refractivity contribution in [2.24, 2.45) is 5.73 Å². The minimum atomic E-state index is -1.43. The predicted molar refractivity (Wildman–Crippen MR) is 108 cm³/mol. The van der Waals surface area contributed by atoms with Crippen molar-refractivity contribution in [3.63, 3.8) is 0 Å². The Hall–Kier alpha value is -2.71. The zero-order chi connectivity index (χ0) is 20.7. The summed E-state index contributed by atoms with van der Waals surface area (Å²) in [5.74, 6) is -2.51. The van der Waals surface area contributed by atoms with Crippen LogP contribution in [-0.4, -0.2) is 25.0 Å². The second-order valence-electron chi connectivity index (χ2n) is 5.90. The van der Waals surface area contributed by atoms with Gasteiger partial charge in [-0.05, 0) is 19.4 Å². The van der Waals surface area contributed by atoms with E-state index in [2.05, 4.69) is 5.32 Å². The fourth-order valence-corrected chi connectivity index (χ4v) is 2.60. The molecular formula is C20H24ClF2N3O3. The lowest BCUT2D eigenvalue weighted by molar-refractivity contribution is -0.133. The molecule has 0 aliphatic carbocycles. The van der Waals surface area contributed by atoms with E-state index in [1.807, 2.05) is 0 Å². The largest absolute Gasteiger partial charge is 0.494 e. The van der Waals surface area contributed by atoms with Gasteiger partial charge < -0.3 is 20.5 Å². The van der Waals surface area contributed by atoms with Gasteiger partial charge in [0.1, 0.15) is 23.2 Å². The summed E-state index contributed by atoms with van der Waals surface area (Å²) in [4.78, 5) is 12.5. The Balaban J connectivity index is 0.00000420. The molecule has 2 rings (SSSR count). The van der Waals surface area contributed by atoms with Crippen LogP contribution in [0.3, 0.4) is 0 Å². The lowest BCUT2D eigenvalue weighted by Crippen LogP contribution is -2.31. The molecule has 1 atom stereocenters. The minimum Gasteiger partial charge on any atom is -0.494 e. The monoisotopic (exact) mass is 427 g/mol. The zero-order valence-electron chi connectivity index (χ0n) is 16.1. The normalized spacial score (nSPS) is 11.3. The van der Waals surface area contributed by atoms with E-state index in [1.54, 1.807) is 38.1 Å². The smallest absolute Gasteiger partial charge is 0.254 e. The Labute approximate surface area is 174 Å². The minimum absolute atomic E-state index is 0. The number of benzene rings is 2. The highest BCUT2D eigenvalue weighted by atomic mass is 35.5. The average molecular weight is 428 g/mol. The summed E-state index contributed by atoms with van der Waals surface area (Å²) in [6.45, 7) is 3.81. The molecule has 1 unspecified atom stereocenters. The van der Waals surface area contributed by atoms with Gasteiger partial charge in [-0.3, -0.25) is 10.2 Å². The van der Waals surface area contributed by atoms with Crippen LogP contribution in [0.2, 0.25) is 0 Å². The van der Waals surface area contributed by atoms with E-state index >= 15 is 0 Å². The first-order valence-electron chi connectivity index (χ1n) is 8.81. The van der Waals surface area contributed by atoms with Gasteiger partial charge in [-0.25, -0.2) is 8.78 Å². The topological polar surface area (TPSA) is 97.4 Å². The summed E-state index contributed by atoms with van der Waals surface area (Å²) in [5, 5.41) is 9.98. The lowest BCUT2D eigenvalue weighted by atomic mass is 10.1. The van der Waals surface area contributed by atoms with Gasteiger partial charge in [0.25, 0.3) is 5.91 Å². The maximum atomic E-state index is 14.4. The molecule has 1 amide bonds. The van der Waals surface area contributed by atoms with Crippen molar-refractivity contribution in [2.75, 3.05) is 13.2 Å². The van der Waals surface area contributed by atoms with Crippen molar-refractivity contribution in [1.29, 1.82) is 5.41 Å². The van der Waals surface area contributed by atoms with Crippen LogP contribution in [0.25, 0.3) is 0 Å². The van der Waals surface area contributed by atoms with E-state index in [4.69, 9.17) is 20.6 Å². The highest BCUT2D eigenvalue weighted by Crippen LogP contribution is 2.28. The Morgan fingerprint density at radius 2 is 1.72 bits per heavy atom. The van der Waals surface area contributed by atoms with Gasteiger partial charge >= 0.3 is 0 Å². The van der Waals surface area contributed by atoms with Gasteiger partial charge in [-0.2, -0.15) is 0 Å². The highest BCUT2D eigenvalue weighted by Gasteiger charge is 2.28. The Bertz CT molecular complexity index is 824. The number of carbonyl (C=O) groups is 1. The third-order valence-electron chi connectivity index (χ3n) is 3.93. The van der Waals surface area contributed by atoms with E-state index in [1.165, 1.54) is 0 Å². The molecule has 2 aromatic carbocycles. The van der Waals surface area contributed by atoms with Crippen molar-refractivity contribution in [1.82, 2.24) is 5.32 Å². The van der Waals surface area contributed by atoms with Gasteiger partial charge in [0.2, 0.25) is 0 Å². The number of amides is 1. The molecule has 2 aromatic rings. The molecule has 0 aromatic heterocycles. The molecule has 0 aliphatic heterocycles. The van der Waals surface area contributed by atoms with Gasteiger partial charge in [0.05, 0.1) is 12.2 Å². The van der Waals surface area contributed by atoms with Crippen LogP contribution in [0.4, 0.5) is 8.78 Å². The number of hydrogen-bond acceptors (Lipinski definition) is 4. The summed E-state index contributed by atoms with van der Waals surface area (Å²) in [6.07, 6.45) is -1.43. The molecule has 0 bridgehead atoms. The Kier molecular flexibility index (Phi) is 9.50. The molecule has 0 spiro atoms. The molecule has 0 aliphatic rings. The van der Waals surface area contributed by atoms with Crippen molar-refractivity contribution in [3.05, 3.63) is 64.7 Å². The molecule has 158 valence electrons. The molecule has 0 fully saturated rings. The van der Waals surface area contributed by atoms with Crippen LogP contribution in [-0.2, 0) is 16.1 Å². The molecular weight excluding hydrogens is 404 g/mol. The average Bonchev–Trinajstić information content (AvgIpc) is 2.65. The van der Waals surface area contributed by atoms with Gasteiger partial charge in [-0.1, -0.05) is 24.3 Å². The van der Waals surface area contributed by atoms with Crippen molar-refractivity contribution in [2.45, 2.75) is 26.5 Å². The van der Waals surface area contributed by atoms with E-state index < -0.39 is 29.2 Å². The summed E-state index contributed by atoms with van der Waals surface area (Å²) in [7, 11) is 0. The van der Waals surface area contributed by atoms with Crippen LogP contribution in [0, 0.1) is 17.0 Å². The summed E-state index contributed by atoms with van der Waals surface area (Å²) in [5.41, 5.74) is 6.23. The van der Waals surface area contributed by atoms with Crippen LogP contribution in [0.15, 0.2) is 36.4 Å². The Morgan fingerprint density at radius 1 is 1.14 bits per heavy atom. The first-order valence-corrected chi connectivity index (χ1v) is 8.81. The first kappa shape index (κ1) is 24.3. The van der Waals surface area contributed by atoms with Crippen LogP contribution in [0.1, 0.15) is 36.6 Å². The van der Waals surface area contributed by atoms with Crippen molar-refractivity contribution < 1.29 is 23.0 Å². The SMILES string of the molecule is CCOc1cc(F)c(C(OCC)C(=O)NCc2ccc(C(=N)N)cc2)c(F)c1.Cl. The number of nitrogen functional groups attached to an aromatic ring is 1. The number of hydrogen-bond donors (Lipinski definition) is 3. The van der Waals surface area contributed by atoms with Gasteiger partial charge in [0.15, 0.2) is 6.10 Å². The Morgan fingerprint density at radius 3 is 2.21 bits per heavy atom. The molecule has 0 saturated heterocycles. The molecule has 0 radical (unpaired) electrons. The lowest BCUT2D eigenvalue weighted by Gasteiger charge is -2.19. The van der Waals surface area contributed by atoms with Crippen molar-refractivity contribution >= 4 is 24.1 Å². The molecule has 6 nitrogen and oxygen atoms in total. The molecule has 0 saturated carbocycles. The van der Waals surface area contributed by atoms with E-state index in [9.17, 15) is 13.6 Å². The number of amidine groups is 1. The fourth-order valence-electron chi connectivity index (χ4n) is 2.60. The summed E-state index contributed by atoms with van der Waals surface area (Å²) < 4.78 is 39.3. The summed E-state index contributed by atoms with van der Waals surface area (Å²) in [6, 6.07) is 8.75. The first-order chi connectivity index (χ1) is 13.4. The van der Waals surface area contributed by atoms with Crippen LogP contribution in [0.5, 0.6) is 5.75 Å². The van der Waals surface area contributed by atoms with Crippen LogP contribution < -0.4 is 15.8 Å². The standard InChI is InChI=1S/C20H23F2N3O3.ClH/c1-3-27-14-9-15(21)17(16(22)10-14)18(28-4-2)20(26)25-11-12-5-7-13(8-6-12)19(23)24;/h5-10,18H,3-4,11H2,1-2H3,(H3,23,24)(H,25,26);1H. The fraction of sp³-hybridized carbons (Fsp3) is 0.300.